The first-order valence-corrected chi connectivity index (χ1v) is 6.78. The van der Waals surface area contributed by atoms with Gasteiger partial charge in [-0.05, 0) is 36.3 Å². The Bertz CT molecular complexity index is 335. The van der Waals surface area contributed by atoms with E-state index in [0.29, 0.717) is 26.1 Å². The SMILES string of the molecule is CCOCCC(O)Cc1ccc(C(C)(C)C)cc1. The Morgan fingerprint density at radius 2 is 1.78 bits per heavy atom. The summed E-state index contributed by atoms with van der Waals surface area (Å²) in [5, 5.41) is 9.88. The van der Waals surface area contributed by atoms with Gasteiger partial charge in [0.1, 0.15) is 0 Å². The first kappa shape index (κ1) is 15.2. The summed E-state index contributed by atoms with van der Waals surface area (Å²) in [6.07, 6.45) is 1.10. The maximum atomic E-state index is 9.88. The molecule has 1 atom stereocenters. The van der Waals surface area contributed by atoms with Gasteiger partial charge in [0.05, 0.1) is 6.10 Å². The molecule has 2 heteroatoms. The fraction of sp³-hybridized carbons (Fsp3) is 0.625. The van der Waals surface area contributed by atoms with Gasteiger partial charge in [-0.15, -0.1) is 0 Å². The smallest absolute Gasteiger partial charge is 0.0602 e. The average molecular weight is 250 g/mol. The fourth-order valence-corrected chi connectivity index (χ4v) is 1.88. The van der Waals surface area contributed by atoms with E-state index in [9.17, 15) is 5.11 Å². The molecule has 1 unspecified atom stereocenters. The second kappa shape index (κ2) is 6.91. The molecule has 0 fully saturated rings. The number of aliphatic hydroxyl groups excluding tert-OH is 1. The van der Waals surface area contributed by atoms with Gasteiger partial charge < -0.3 is 9.84 Å². The van der Waals surface area contributed by atoms with Gasteiger partial charge in [0.15, 0.2) is 0 Å². The van der Waals surface area contributed by atoms with Crippen molar-refractivity contribution in [1.29, 1.82) is 0 Å². The van der Waals surface area contributed by atoms with E-state index in [1.807, 2.05) is 6.92 Å². The summed E-state index contributed by atoms with van der Waals surface area (Å²) >= 11 is 0. The van der Waals surface area contributed by atoms with Crippen molar-refractivity contribution >= 4 is 0 Å². The highest BCUT2D eigenvalue weighted by Gasteiger charge is 2.13. The minimum Gasteiger partial charge on any atom is -0.393 e. The number of ether oxygens (including phenoxy) is 1. The van der Waals surface area contributed by atoms with E-state index < -0.39 is 0 Å². The summed E-state index contributed by atoms with van der Waals surface area (Å²) in [5.41, 5.74) is 2.70. The number of hydrogen-bond acceptors (Lipinski definition) is 2. The first-order valence-electron chi connectivity index (χ1n) is 6.78. The molecule has 1 aromatic rings. The van der Waals surface area contributed by atoms with Crippen LogP contribution in [-0.2, 0) is 16.6 Å². The summed E-state index contributed by atoms with van der Waals surface area (Å²) in [6.45, 7) is 9.94. The highest BCUT2D eigenvalue weighted by Crippen LogP contribution is 2.22. The van der Waals surface area contributed by atoms with Crippen molar-refractivity contribution in [3.05, 3.63) is 35.4 Å². The number of rotatable bonds is 6. The lowest BCUT2D eigenvalue weighted by molar-refractivity contribution is 0.0887. The highest BCUT2D eigenvalue weighted by molar-refractivity contribution is 5.27. The summed E-state index contributed by atoms with van der Waals surface area (Å²) in [6, 6.07) is 8.55. The van der Waals surface area contributed by atoms with Crippen molar-refractivity contribution in [3.63, 3.8) is 0 Å². The zero-order valence-corrected chi connectivity index (χ0v) is 12.1. The van der Waals surface area contributed by atoms with Crippen molar-refractivity contribution in [1.82, 2.24) is 0 Å². The highest BCUT2D eigenvalue weighted by atomic mass is 16.5. The normalized spacial score (nSPS) is 13.6. The van der Waals surface area contributed by atoms with Gasteiger partial charge in [0.2, 0.25) is 0 Å². The summed E-state index contributed by atoms with van der Waals surface area (Å²) < 4.78 is 5.25. The van der Waals surface area contributed by atoms with Crippen LogP contribution in [0.5, 0.6) is 0 Å². The van der Waals surface area contributed by atoms with Gasteiger partial charge in [-0.1, -0.05) is 45.0 Å². The number of aliphatic hydroxyl groups is 1. The standard InChI is InChI=1S/C16H26O2/c1-5-18-11-10-15(17)12-13-6-8-14(9-7-13)16(2,3)4/h6-9,15,17H,5,10-12H2,1-4H3. The molecular formula is C16H26O2. The molecule has 0 saturated heterocycles. The molecule has 1 aromatic carbocycles. The molecular weight excluding hydrogens is 224 g/mol. The van der Waals surface area contributed by atoms with E-state index in [4.69, 9.17) is 4.74 Å². The average Bonchev–Trinajstić information content (AvgIpc) is 2.29. The maximum absolute atomic E-state index is 9.88. The molecule has 0 bridgehead atoms. The van der Waals surface area contributed by atoms with Gasteiger partial charge in [-0.2, -0.15) is 0 Å². The van der Waals surface area contributed by atoms with Crippen LogP contribution in [0.1, 0.15) is 45.2 Å². The predicted octanol–water partition coefficient (Wildman–Crippen LogP) is 3.31. The Kier molecular flexibility index (Phi) is 5.83. The molecule has 102 valence electrons. The quantitative estimate of drug-likeness (QED) is 0.785. The number of hydrogen-bond donors (Lipinski definition) is 1. The Hall–Kier alpha value is -0.860. The largest absolute Gasteiger partial charge is 0.393 e. The summed E-state index contributed by atoms with van der Waals surface area (Å²) in [5.74, 6) is 0. The molecule has 1 rings (SSSR count). The van der Waals surface area contributed by atoms with Crippen LogP contribution in [0.2, 0.25) is 0 Å². The van der Waals surface area contributed by atoms with Crippen molar-refractivity contribution in [2.45, 2.75) is 52.1 Å². The molecule has 0 amide bonds. The number of benzene rings is 1. The molecule has 0 radical (unpaired) electrons. The van der Waals surface area contributed by atoms with Gasteiger partial charge in [-0.3, -0.25) is 0 Å². The Balaban J connectivity index is 2.48. The van der Waals surface area contributed by atoms with Crippen LogP contribution in [0.4, 0.5) is 0 Å². The first-order chi connectivity index (χ1) is 8.43. The minimum atomic E-state index is -0.308. The van der Waals surface area contributed by atoms with Crippen LogP contribution in [0, 0.1) is 0 Å². The molecule has 0 spiro atoms. The molecule has 0 aliphatic heterocycles. The zero-order valence-electron chi connectivity index (χ0n) is 12.1. The molecule has 0 aromatic heterocycles. The van der Waals surface area contributed by atoms with E-state index in [0.717, 1.165) is 0 Å². The van der Waals surface area contributed by atoms with Crippen LogP contribution in [0.3, 0.4) is 0 Å². The van der Waals surface area contributed by atoms with Crippen LogP contribution in [-0.4, -0.2) is 24.4 Å². The minimum absolute atomic E-state index is 0.187. The van der Waals surface area contributed by atoms with Gasteiger partial charge in [-0.25, -0.2) is 0 Å². The lowest BCUT2D eigenvalue weighted by Gasteiger charge is -2.19. The van der Waals surface area contributed by atoms with E-state index in [-0.39, 0.29) is 11.5 Å². The third kappa shape index (κ3) is 5.19. The van der Waals surface area contributed by atoms with Gasteiger partial charge >= 0.3 is 0 Å². The van der Waals surface area contributed by atoms with Crippen LogP contribution in [0.25, 0.3) is 0 Å². The molecule has 0 saturated carbocycles. The fourth-order valence-electron chi connectivity index (χ4n) is 1.88. The molecule has 0 aliphatic rings. The molecule has 18 heavy (non-hydrogen) atoms. The summed E-state index contributed by atoms with van der Waals surface area (Å²) in [4.78, 5) is 0. The lowest BCUT2D eigenvalue weighted by Crippen LogP contribution is -2.14. The topological polar surface area (TPSA) is 29.5 Å². The van der Waals surface area contributed by atoms with Crippen molar-refractivity contribution in [2.24, 2.45) is 0 Å². The Morgan fingerprint density at radius 1 is 1.17 bits per heavy atom. The van der Waals surface area contributed by atoms with E-state index in [1.54, 1.807) is 0 Å². The zero-order chi connectivity index (χ0) is 13.6. The summed E-state index contributed by atoms with van der Waals surface area (Å²) in [7, 11) is 0. The second-order valence-electron chi connectivity index (χ2n) is 5.79. The molecule has 1 N–H and O–H groups in total. The third-order valence-corrected chi connectivity index (χ3v) is 3.09. The van der Waals surface area contributed by atoms with Gasteiger partial charge in [0, 0.05) is 13.2 Å². The maximum Gasteiger partial charge on any atom is 0.0602 e. The van der Waals surface area contributed by atoms with E-state index in [1.165, 1.54) is 11.1 Å². The van der Waals surface area contributed by atoms with Gasteiger partial charge in [0.25, 0.3) is 0 Å². The van der Waals surface area contributed by atoms with E-state index in [2.05, 4.69) is 45.0 Å². The lowest BCUT2D eigenvalue weighted by atomic mass is 9.86. The van der Waals surface area contributed by atoms with Crippen molar-refractivity contribution in [3.8, 4) is 0 Å². The predicted molar refractivity (Wildman–Crippen MR) is 76.0 cm³/mol. The van der Waals surface area contributed by atoms with Crippen LogP contribution in [0.15, 0.2) is 24.3 Å². The Morgan fingerprint density at radius 3 is 2.28 bits per heavy atom. The molecule has 2 nitrogen and oxygen atoms in total. The molecule has 0 heterocycles. The Labute approximate surface area is 111 Å². The van der Waals surface area contributed by atoms with Crippen molar-refractivity contribution < 1.29 is 9.84 Å². The van der Waals surface area contributed by atoms with E-state index >= 15 is 0 Å². The van der Waals surface area contributed by atoms with Crippen molar-refractivity contribution in [2.75, 3.05) is 13.2 Å². The second-order valence-corrected chi connectivity index (χ2v) is 5.79. The monoisotopic (exact) mass is 250 g/mol. The third-order valence-electron chi connectivity index (χ3n) is 3.09. The molecule has 0 aliphatic carbocycles. The van der Waals surface area contributed by atoms with Crippen LogP contribution >= 0.6 is 0 Å². The van der Waals surface area contributed by atoms with Crippen LogP contribution < -0.4 is 0 Å².